The van der Waals surface area contributed by atoms with Gasteiger partial charge in [-0.15, -0.1) is 12.4 Å². The minimum absolute atomic E-state index is 0. The normalized spacial score (nSPS) is 11.1. The minimum Gasteiger partial charge on any atom is -0.495 e. The van der Waals surface area contributed by atoms with Crippen LogP contribution in [0.4, 0.5) is 5.13 Å². The average Bonchev–Trinajstić information content (AvgIpc) is 3.34. The molecule has 0 aliphatic rings. The van der Waals surface area contributed by atoms with Crippen molar-refractivity contribution in [2.75, 3.05) is 46.3 Å². The number of amides is 1. The Morgan fingerprint density at radius 1 is 1.09 bits per heavy atom. The molecule has 2 heterocycles. The molecule has 0 fully saturated rings. The first-order chi connectivity index (χ1) is 15.4. The van der Waals surface area contributed by atoms with Gasteiger partial charge in [-0.05, 0) is 38.4 Å². The zero-order valence-electron chi connectivity index (χ0n) is 18.7. The molecule has 2 aromatic heterocycles. The van der Waals surface area contributed by atoms with Gasteiger partial charge < -0.3 is 18.8 Å². The number of rotatable bonds is 8. The Bertz CT molecular complexity index is 1290. The largest absolute Gasteiger partial charge is 0.495 e. The van der Waals surface area contributed by atoms with Crippen LogP contribution in [-0.4, -0.2) is 61.8 Å². The Hall–Kier alpha value is -3.08. The van der Waals surface area contributed by atoms with Crippen LogP contribution in [0.2, 0.25) is 0 Å². The van der Waals surface area contributed by atoms with Crippen LogP contribution in [0.5, 0.6) is 11.5 Å². The van der Waals surface area contributed by atoms with Crippen molar-refractivity contribution in [1.29, 1.82) is 0 Å². The molecule has 0 radical (unpaired) electrons. The van der Waals surface area contributed by atoms with Crippen LogP contribution in [0, 0.1) is 0 Å². The maximum Gasteiger partial charge on any atom is 0.420 e. The molecule has 176 valence electrons. The summed E-state index contributed by atoms with van der Waals surface area (Å²) in [6.07, 6.45) is 0. The third-order valence-corrected chi connectivity index (χ3v) is 6.16. The summed E-state index contributed by atoms with van der Waals surface area (Å²) in [5.74, 6) is 0.416. The summed E-state index contributed by atoms with van der Waals surface area (Å²) in [5, 5.41) is 0.510. The molecule has 0 bridgehead atoms. The lowest BCUT2D eigenvalue weighted by Crippen LogP contribution is -2.39. The number of anilines is 1. The fraction of sp³-hybridized carbons (Fsp3) is 0.318. The fourth-order valence-electron chi connectivity index (χ4n) is 3.40. The standard InChI is InChI=1S/C22H24N4O5S.ClH/c1-24(2)11-12-25(18(27)13-26-14-7-5-6-8-15(14)31-22(26)28)21-23-19-16(29-3)9-10-17(30-4)20(19)32-21;/h5-10H,11-13H2,1-4H3;1H. The minimum atomic E-state index is -0.570. The molecular weight excluding hydrogens is 468 g/mol. The summed E-state index contributed by atoms with van der Waals surface area (Å²) in [6.45, 7) is 0.866. The van der Waals surface area contributed by atoms with Crippen LogP contribution in [-0.2, 0) is 11.3 Å². The number of carbonyl (C=O) groups is 1. The summed E-state index contributed by atoms with van der Waals surface area (Å²) >= 11 is 1.35. The van der Waals surface area contributed by atoms with Crippen LogP contribution in [0.25, 0.3) is 21.3 Å². The van der Waals surface area contributed by atoms with Crippen molar-refractivity contribution >= 4 is 56.1 Å². The van der Waals surface area contributed by atoms with E-state index in [2.05, 4.69) is 0 Å². The Morgan fingerprint density at radius 2 is 1.79 bits per heavy atom. The average molecular weight is 493 g/mol. The van der Waals surface area contributed by atoms with Gasteiger partial charge in [0.15, 0.2) is 10.7 Å². The van der Waals surface area contributed by atoms with E-state index in [0.717, 1.165) is 4.70 Å². The van der Waals surface area contributed by atoms with Crippen LogP contribution in [0.1, 0.15) is 0 Å². The number of para-hydroxylation sites is 2. The highest BCUT2D eigenvalue weighted by Crippen LogP contribution is 2.40. The number of carbonyl (C=O) groups excluding carboxylic acids is 1. The van der Waals surface area contributed by atoms with Gasteiger partial charge in [0.05, 0.1) is 19.7 Å². The third-order valence-electron chi connectivity index (χ3n) is 5.07. The number of likely N-dealkylation sites (N-methyl/N-ethyl adjacent to an activating group) is 1. The molecule has 0 atom stereocenters. The number of hydrogen-bond acceptors (Lipinski definition) is 8. The van der Waals surface area contributed by atoms with Gasteiger partial charge in [-0.1, -0.05) is 23.5 Å². The molecule has 0 aliphatic heterocycles. The van der Waals surface area contributed by atoms with Crippen molar-refractivity contribution in [2.24, 2.45) is 0 Å². The highest BCUT2D eigenvalue weighted by Gasteiger charge is 2.24. The van der Waals surface area contributed by atoms with E-state index < -0.39 is 5.76 Å². The van der Waals surface area contributed by atoms with Gasteiger partial charge in [0, 0.05) is 13.1 Å². The van der Waals surface area contributed by atoms with Gasteiger partial charge >= 0.3 is 5.76 Å². The predicted octanol–water partition coefficient (Wildman–Crippen LogP) is 3.24. The Labute approximate surface area is 200 Å². The number of halogens is 1. The molecule has 33 heavy (non-hydrogen) atoms. The van der Waals surface area contributed by atoms with Crippen molar-refractivity contribution in [3.8, 4) is 11.5 Å². The van der Waals surface area contributed by atoms with Crippen LogP contribution < -0.4 is 20.1 Å². The van der Waals surface area contributed by atoms with Crippen molar-refractivity contribution in [2.45, 2.75) is 6.54 Å². The first kappa shape index (κ1) is 24.6. The quantitative estimate of drug-likeness (QED) is 0.373. The summed E-state index contributed by atoms with van der Waals surface area (Å²) in [7, 11) is 7.03. The zero-order chi connectivity index (χ0) is 22.8. The number of oxazole rings is 1. The molecule has 4 rings (SSSR count). The number of methoxy groups -OCH3 is 2. The van der Waals surface area contributed by atoms with E-state index in [0.29, 0.717) is 46.3 Å². The van der Waals surface area contributed by atoms with E-state index in [4.69, 9.17) is 18.9 Å². The Balaban J connectivity index is 0.00000306. The van der Waals surface area contributed by atoms with E-state index >= 15 is 0 Å². The van der Waals surface area contributed by atoms with Crippen LogP contribution in [0.3, 0.4) is 0 Å². The van der Waals surface area contributed by atoms with Crippen LogP contribution >= 0.6 is 23.7 Å². The SMILES string of the molecule is COc1ccc(OC)c2sc(N(CCN(C)C)C(=O)Cn3c(=O)oc4ccccc43)nc12.Cl. The first-order valence-corrected chi connectivity index (χ1v) is 10.8. The molecule has 0 spiro atoms. The number of ether oxygens (including phenoxy) is 2. The van der Waals surface area contributed by atoms with E-state index in [1.54, 1.807) is 49.5 Å². The molecule has 11 heteroatoms. The molecular formula is C22H25ClN4O5S. The van der Waals surface area contributed by atoms with Gasteiger partial charge in [-0.25, -0.2) is 9.78 Å². The van der Waals surface area contributed by atoms with Gasteiger partial charge in [-0.2, -0.15) is 0 Å². The fourth-order valence-corrected chi connectivity index (χ4v) is 4.52. The molecule has 4 aromatic rings. The molecule has 0 aliphatic carbocycles. The lowest BCUT2D eigenvalue weighted by Gasteiger charge is -2.22. The maximum atomic E-state index is 13.4. The smallest absolute Gasteiger partial charge is 0.420 e. The predicted molar refractivity (Wildman–Crippen MR) is 131 cm³/mol. The number of nitrogens with zero attached hydrogens (tertiary/aromatic N) is 4. The highest BCUT2D eigenvalue weighted by molar-refractivity contribution is 7.22. The van der Waals surface area contributed by atoms with Crippen molar-refractivity contribution < 1.29 is 18.7 Å². The van der Waals surface area contributed by atoms with Crippen molar-refractivity contribution in [3.05, 3.63) is 46.9 Å². The van der Waals surface area contributed by atoms with Gasteiger partial charge in [-0.3, -0.25) is 14.3 Å². The number of aromatic nitrogens is 2. The number of fused-ring (bicyclic) bond motifs is 2. The lowest BCUT2D eigenvalue weighted by molar-refractivity contribution is -0.119. The van der Waals surface area contributed by atoms with Crippen LogP contribution in [0.15, 0.2) is 45.6 Å². The molecule has 0 unspecified atom stereocenters. The topological polar surface area (TPSA) is 90.0 Å². The summed E-state index contributed by atoms with van der Waals surface area (Å²) in [5.41, 5.74) is 1.64. The summed E-state index contributed by atoms with van der Waals surface area (Å²) in [4.78, 5) is 34.1. The lowest BCUT2D eigenvalue weighted by atomic mass is 10.3. The van der Waals surface area contributed by atoms with E-state index in [9.17, 15) is 9.59 Å². The second kappa shape index (κ2) is 10.2. The first-order valence-electron chi connectivity index (χ1n) is 9.98. The Kier molecular flexibility index (Phi) is 7.62. The Morgan fingerprint density at radius 3 is 2.48 bits per heavy atom. The maximum absolute atomic E-state index is 13.4. The number of benzene rings is 2. The third kappa shape index (κ3) is 4.82. The summed E-state index contributed by atoms with van der Waals surface area (Å²) in [6, 6.07) is 10.6. The molecule has 9 nitrogen and oxygen atoms in total. The molecule has 2 aromatic carbocycles. The summed E-state index contributed by atoms with van der Waals surface area (Å²) < 4.78 is 18.3. The monoisotopic (exact) mass is 492 g/mol. The second-order valence-electron chi connectivity index (χ2n) is 7.41. The van der Waals surface area contributed by atoms with Gasteiger partial charge in [0.1, 0.15) is 28.3 Å². The van der Waals surface area contributed by atoms with Gasteiger partial charge in [0.2, 0.25) is 5.91 Å². The highest BCUT2D eigenvalue weighted by atomic mass is 35.5. The van der Waals surface area contributed by atoms with E-state index in [1.807, 2.05) is 25.1 Å². The molecule has 0 N–H and O–H groups in total. The molecule has 1 amide bonds. The number of thiazole rings is 1. The van der Waals surface area contributed by atoms with E-state index in [1.165, 1.54) is 15.9 Å². The second-order valence-corrected chi connectivity index (χ2v) is 8.39. The van der Waals surface area contributed by atoms with Crippen molar-refractivity contribution in [1.82, 2.24) is 14.5 Å². The van der Waals surface area contributed by atoms with Gasteiger partial charge in [0.25, 0.3) is 0 Å². The van der Waals surface area contributed by atoms with E-state index in [-0.39, 0.29) is 24.9 Å². The molecule has 0 saturated heterocycles. The van der Waals surface area contributed by atoms with Crippen molar-refractivity contribution in [3.63, 3.8) is 0 Å². The molecule has 0 saturated carbocycles. The number of hydrogen-bond donors (Lipinski definition) is 0. The zero-order valence-corrected chi connectivity index (χ0v) is 20.4.